The zero-order chi connectivity index (χ0) is 17.7. The molecule has 0 aromatic carbocycles. The summed E-state index contributed by atoms with van der Waals surface area (Å²) < 4.78 is 0. The molecule has 6 heteroatoms. The van der Waals surface area contributed by atoms with Crippen LogP contribution in [-0.2, 0) is 0 Å². The second kappa shape index (κ2) is 8.55. The molecule has 1 fully saturated rings. The van der Waals surface area contributed by atoms with Crippen LogP contribution in [0.25, 0.3) is 0 Å². The van der Waals surface area contributed by atoms with Crippen molar-refractivity contribution in [3.63, 3.8) is 0 Å². The van der Waals surface area contributed by atoms with E-state index < -0.39 is 6.10 Å². The first-order chi connectivity index (χ1) is 11.4. The standard InChI is InChI=1S/C18H30N4O2/c1-14(2)17-6-5-15(11-19-17)18(24)21(4)12-16(23)13-22-9-7-20(3)8-10-22/h5-6,11,14,16,23H,7-10,12-13H2,1-4H3. The Bertz CT molecular complexity index is 524. The normalized spacial score (nSPS) is 17.9. The van der Waals surface area contributed by atoms with Crippen LogP contribution in [0.15, 0.2) is 18.3 Å². The van der Waals surface area contributed by atoms with Gasteiger partial charge in [0.25, 0.3) is 5.91 Å². The molecule has 1 aromatic rings. The zero-order valence-corrected chi connectivity index (χ0v) is 15.3. The summed E-state index contributed by atoms with van der Waals surface area (Å²) in [7, 11) is 3.84. The molecule has 1 aliphatic heterocycles. The summed E-state index contributed by atoms with van der Waals surface area (Å²) in [6, 6.07) is 3.71. The van der Waals surface area contributed by atoms with Crippen molar-refractivity contribution in [2.24, 2.45) is 0 Å². The highest BCUT2D eigenvalue weighted by Crippen LogP contribution is 2.12. The third-order valence-electron chi connectivity index (χ3n) is 4.52. The van der Waals surface area contributed by atoms with Gasteiger partial charge >= 0.3 is 0 Å². The van der Waals surface area contributed by atoms with Crippen molar-refractivity contribution >= 4 is 5.91 Å². The number of piperazine rings is 1. The summed E-state index contributed by atoms with van der Waals surface area (Å²) in [5.41, 5.74) is 1.54. The topological polar surface area (TPSA) is 59.9 Å². The highest BCUT2D eigenvalue weighted by atomic mass is 16.3. The number of pyridine rings is 1. The van der Waals surface area contributed by atoms with Crippen molar-refractivity contribution < 1.29 is 9.90 Å². The Morgan fingerprint density at radius 3 is 2.50 bits per heavy atom. The van der Waals surface area contributed by atoms with Gasteiger partial charge in [-0.15, -0.1) is 0 Å². The molecular formula is C18H30N4O2. The number of carbonyl (C=O) groups excluding carboxylic acids is 1. The van der Waals surface area contributed by atoms with Crippen molar-refractivity contribution in [3.05, 3.63) is 29.6 Å². The van der Waals surface area contributed by atoms with Crippen LogP contribution in [0.4, 0.5) is 0 Å². The number of nitrogens with zero attached hydrogens (tertiary/aromatic N) is 4. The summed E-state index contributed by atoms with van der Waals surface area (Å²) in [6.07, 6.45) is 1.09. The molecule has 1 atom stereocenters. The average Bonchev–Trinajstić information content (AvgIpc) is 2.56. The van der Waals surface area contributed by atoms with Gasteiger partial charge in [0.2, 0.25) is 0 Å². The number of hydrogen-bond acceptors (Lipinski definition) is 5. The number of rotatable bonds is 6. The molecule has 2 rings (SSSR count). The number of aliphatic hydroxyl groups excluding tert-OH is 1. The molecular weight excluding hydrogens is 304 g/mol. The number of carbonyl (C=O) groups is 1. The quantitative estimate of drug-likeness (QED) is 0.837. The second-order valence-corrected chi connectivity index (χ2v) is 7.07. The Morgan fingerprint density at radius 2 is 1.96 bits per heavy atom. The van der Waals surface area contributed by atoms with E-state index in [0.717, 1.165) is 31.9 Å². The van der Waals surface area contributed by atoms with Gasteiger partial charge in [-0.25, -0.2) is 0 Å². The van der Waals surface area contributed by atoms with Crippen LogP contribution in [-0.4, -0.2) is 90.2 Å². The fourth-order valence-corrected chi connectivity index (χ4v) is 2.88. The Kier molecular flexibility index (Phi) is 6.71. The zero-order valence-electron chi connectivity index (χ0n) is 15.3. The SMILES string of the molecule is CC(C)c1ccc(C(=O)N(C)CC(O)CN2CCN(C)CC2)cn1. The van der Waals surface area contributed by atoms with Crippen molar-refractivity contribution in [1.82, 2.24) is 19.7 Å². The molecule has 1 unspecified atom stereocenters. The molecule has 0 bridgehead atoms. The number of aliphatic hydroxyl groups is 1. The summed E-state index contributed by atoms with van der Waals surface area (Å²) in [4.78, 5) is 22.9. The maximum atomic E-state index is 12.5. The van der Waals surface area contributed by atoms with Gasteiger partial charge in [0.15, 0.2) is 0 Å². The third kappa shape index (κ3) is 5.26. The fraction of sp³-hybridized carbons (Fsp3) is 0.667. The Balaban J connectivity index is 1.84. The van der Waals surface area contributed by atoms with Crippen LogP contribution < -0.4 is 0 Å². The lowest BCUT2D eigenvalue weighted by Crippen LogP contribution is -2.49. The molecule has 0 saturated carbocycles. The van der Waals surface area contributed by atoms with Gasteiger partial charge in [0.1, 0.15) is 0 Å². The molecule has 0 radical (unpaired) electrons. The van der Waals surface area contributed by atoms with Crippen molar-refractivity contribution in [2.75, 3.05) is 53.4 Å². The minimum atomic E-state index is -0.537. The lowest BCUT2D eigenvalue weighted by Gasteiger charge is -2.34. The Morgan fingerprint density at radius 1 is 1.29 bits per heavy atom. The molecule has 1 amide bonds. The van der Waals surface area contributed by atoms with Crippen LogP contribution in [0, 0.1) is 0 Å². The summed E-state index contributed by atoms with van der Waals surface area (Å²) in [5.74, 6) is 0.243. The highest BCUT2D eigenvalue weighted by Gasteiger charge is 2.20. The van der Waals surface area contributed by atoms with Gasteiger partial charge in [0.05, 0.1) is 11.7 Å². The van der Waals surface area contributed by atoms with Crippen molar-refractivity contribution in [2.45, 2.75) is 25.9 Å². The van der Waals surface area contributed by atoms with Gasteiger partial charge < -0.3 is 14.9 Å². The van der Waals surface area contributed by atoms with E-state index in [2.05, 4.69) is 35.7 Å². The molecule has 1 aromatic heterocycles. The second-order valence-electron chi connectivity index (χ2n) is 7.07. The lowest BCUT2D eigenvalue weighted by molar-refractivity contribution is 0.0501. The van der Waals surface area contributed by atoms with Gasteiger partial charge in [-0.3, -0.25) is 14.7 Å². The molecule has 1 aliphatic rings. The van der Waals surface area contributed by atoms with E-state index in [9.17, 15) is 9.90 Å². The maximum absolute atomic E-state index is 12.5. The van der Waals surface area contributed by atoms with E-state index in [1.807, 2.05) is 12.1 Å². The predicted octanol–water partition coefficient (Wildman–Crippen LogP) is 0.885. The molecule has 1 N–H and O–H groups in total. The largest absolute Gasteiger partial charge is 0.390 e. The van der Waals surface area contributed by atoms with Crippen LogP contribution in [0.2, 0.25) is 0 Å². The van der Waals surface area contributed by atoms with Crippen LogP contribution in [0.5, 0.6) is 0 Å². The number of hydrogen-bond donors (Lipinski definition) is 1. The van der Waals surface area contributed by atoms with Crippen molar-refractivity contribution in [1.29, 1.82) is 0 Å². The molecule has 24 heavy (non-hydrogen) atoms. The van der Waals surface area contributed by atoms with Gasteiger partial charge in [-0.2, -0.15) is 0 Å². The van der Waals surface area contributed by atoms with Gasteiger partial charge in [0, 0.05) is 58.2 Å². The molecule has 2 heterocycles. The minimum Gasteiger partial charge on any atom is -0.390 e. The molecule has 1 saturated heterocycles. The van der Waals surface area contributed by atoms with E-state index in [0.29, 0.717) is 24.6 Å². The van der Waals surface area contributed by atoms with E-state index in [1.54, 1.807) is 18.1 Å². The van der Waals surface area contributed by atoms with Crippen LogP contribution >= 0.6 is 0 Å². The lowest BCUT2D eigenvalue weighted by atomic mass is 10.1. The van der Waals surface area contributed by atoms with Crippen LogP contribution in [0.3, 0.4) is 0 Å². The summed E-state index contributed by atoms with van der Waals surface area (Å²) in [6.45, 7) is 9.06. The van der Waals surface area contributed by atoms with Gasteiger partial charge in [-0.1, -0.05) is 13.8 Å². The molecule has 134 valence electrons. The summed E-state index contributed by atoms with van der Waals surface area (Å²) >= 11 is 0. The van der Waals surface area contributed by atoms with E-state index >= 15 is 0 Å². The smallest absolute Gasteiger partial charge is 0.255 e. The van der Waals surface area contributed by atoms with E-state index in [-0.39, 0.29) is 5.91 Å². The minimum absolute atomic E-state index is 0.102. The first-order valence-corrected chi connectivity index (χ1v) is 8.67. The summed E-state index contributed by atoms with van der Waals surface area (Å²) in [5, 5.41) is 10.3. The molecule has 6 nitrogen and oxygen atoms in total. The highest BCUT2D eigenvalue weighted by molar-refractivity contribution is 5.93. The van der Waals surface area contributed by atoms with E-state index in [1.165, 1.54) is 0 Å². The predicted molar refractivity (Wildman–Crippen MR) is 95.2 cm³/mol. The Hall–Kier alpha value is -1.50. The van der Waals surface area contributed by atoms with Crippen LogP contribution in [0.1, 0.15) is 35.8 Å². The fourth-order valence-electron chi connectivity index (χ4n) is 2.88. The number of aromatic nitrogens is 1. The van der Waals surface area contributed by atoms with E-state index in [4.69, 9.17) is 0 Å². The maximum Gasteiger partial charge on any atom is 0.255 e. The number of amides is 1. The monoisotopic (exact) mass is 334 g/mol. The first kappa shape index (κ1) is 18.8. The number of β-amino-alcohol motifs (C(OH)–C–C–N with tert-alkyl or cyclic N) is 1. The Labute approximate surface area is 145 Å². The third-order valence-corrected chi connectivity index (χ3v) is 4.52. The molecule has 0 aliphatic carbocycles. The average molecular weight is 334 g/mol. The molecule has 0 spiro atoms. The first-order valence-electron chi connectivity index (χ1n) is 8.67. The number of likely N-dealkylation sites (N-methyl/N-ethyl adjacent to an activating group) is 2. The van der Waals surface area contributed by atoms with Crippen molar-refractivity contribution in [3.8, 4) is 0 Å². The van der Waals surface area contributed by atoms with Gasteiger partial charge in [-0.05, 0) is 25.1 Å².